The lowest BCUT2D eigenvalue weighted by Gasteiger charge is -2.26. The lowest BCUT2D eigenvalue weighted by atomic mass is 9.81. The van der Waals surface area contributed by atoms with Crippen LogP contribution in [0.3, 0.4) is 0 Å². The Morgan fingerprint density at radius 2 is 1.74 bits per heavy atom. The number of aliphatic hydroxyl groups excluding tert-OH is 1. The Labute approximate surface area is 114 Å². The summed E-state index contributed by atoms with van der Waals surface area (Å²) in [4.78, 5) is 23.6. The van der Waals surface area contributed by atoms with E-state index in [1.165, 1.54) is 0 Å². The molecule has 110 valence electrons. The predicted octanol–water partition coefficient (Wildman–Crippen LogP) is 1.53. The first kappa shape index (κ1) is 16.0. The van der Waals surface area contributed by atoms with E-state index in [1.54, 1.807) is 0 Å². The number of rotatable bonds is 6. The Kier molecular flexibility index (Phi) is 6.84. The molecular weight excluding hydrogens is 248 g/mol. The average Bonchev–Trinajstić information content (AvgIpc) is 2.42. The Hall–Kier alpha value is -1.10. The molecule has 0 heterocycles. The molecule has 1 aliphatic carbocycles. The Balaban J connectivity index is 2.40. The van der Waals surface area contributed by atoms with Gasteiger partial charge in [-0.05, 0) is 25.2 Å². The lowest BCUT2D eigenvalue weighted by molar-refractivity contribution is -0.156. The third-order valence-corrected chi connectivity index (χ3v) is 3.24. The lowest BCUT2D eigenvalue weighted by Crippen LogP contribution is -2.30. The van der Waals surface area contributed by atoms with Crippen LogP contribution in [0.1, 0.15) is 39.5 Å². The van der Waals surface area contributed by atoms with E-state index in [4.69, 9.17) is 14.6 Å². The van der Waals surface area contributed by atoms with Crippen molar-refractivity contribution in [2.75, 3.05) is 19.8 Å². The van der Waals surface area contributed by atoms with Crippen LogP contribution in [0.15, 0.2) is 0 Å². The highest BCUT2D eigenvalue weighted by Gasteiger charge is 2.32. The second-order valence-corrected chi connectivity index (χ2v) is 5.48. The summed E-state index contributed by atoms with van der Waals surface area (Å²) in [6, 6.07) is 0. The summed E-state index contributed by atoms with van der Waals surface area (Å²) in [6.07, 6.45) is 2.86. The van der Waals surface area contributed by atoms with Gasteiger partial charge in [0.15, 0.2) is 0 Å². The average molecular weight is 272 g/mol. The predicted molar refractivity (Wildman–Crippen MR) is 69.3 cm³/mol. The number of carbonyl (C=O) groups excluding carboxylic acids is 2. The SMILES string of the molecule is CC(C)COC(=O)C1CCCC(C(=O)OCCO)C1. The third kappa shape index (κ3) is 5.59. The number of ether oxygens (including phenoxy) is 2. The van der Waals surface area contributed by atoms with Gasteiger partial charge in [-0.1, -0.05) is 20.3 Å². The Morgan fingerprint density at radius 3 is 2.26 bits per heavy atom. The zero-order valence-corrected chi connectivity index (χ0v) is 11.8. The maximum atomic E-state index is 11.9. The molecule has 0 aromatic carbocycles. The first-order valence-electron chi connectivity index (χ1n) is 6.98. The van der Waals surface area contributed by atoms with Crippen molar-refractivity contribution < 1.29 is 24.2 Å². The molecule has 2 atom stereocenters. The van der Waals surface area contributed by atoms with Gasteiger partial charge in [0, 0.05) is 0 Å². The summed E-state index contributed by atoms with van der Waals surface area (Å²) < 4.78 is 10.1. The first-order valence-corrected chi connectivity index (χ1v) is 6.98. The first-order chi connectivity index (χ1) is 9.04. The van der Waals surface area contributed by atoms with Crippen molar-refractivity contribution in [3.8, 4) is 0 Å². The Bertz CT molecular complexity index is 300. The van der Waals surface area contributed by atoms with Crippen molar-refractivity contribution in [3.63, 3.8) is 0 Å². The van der Waals surface area contributed by atoms with Gasteiger partial charge in [-0.15, -0.1) is 0 Å². The highest BCUT2D eigenvalue weighted by atomic mass is 16.5. The summed E-state index contributed by atoms with van der Waals surface area (Å²) >= 11 is 0. The minimum Gasteiger partial charge on any atom is -0.465 e. The van der Waals surface area contributed by atoms with Crippen LogP contribution in [0.2, 0.25) is 0 Å². The third-order valence-electron chi connectivity index (χ3n) is 3.24. The van der Waals surface area contributed by atoms with Crippen LogP contribution in [-0.4, -0.2) is 36.9 Å². The van der Waals surface area contributed by atoms with Gasteiger partial charge >= 0.3 is 11.9 Å². The van der Waals surface area contributed by atoms with Gasteiger partial charge in [-0.25, -0.2) is 0 Å². The highest BCUT2D eigenvalue weighted by molar-refractivity contribution is 5.76. The molecule has 0 aromatic heterocycles. The van der Waals surface area contributed by atoms with E-state index < -0.39 is 0 Å². The van der Waals surface area contributed by atoms with Gasteiger partial charge in [0.25, 0.3) is 0 Å². The number of carbonyl (C=O) groups is 2. The molecule has 0 saturated heterocycles. The number of hydrogen-bond acceptors (Lipinski definition) is 5. The van der Waals surface area contributed by atoms with E-state index in [2.05, 4.69) is 0 Å². The summed E-state index contributed by atoms with van der Waals surface area (Å²) in [5.41, 5.74) is 0. The van der Waals surface area contributed by atoms with Crippen molar-refractivity contribution in [2.24, 2.45) is 17.8 Å². The molecule has 2 unspecified atom stereocenters. The van der Waals surface area contributed by atoms with Gasteiger partial charge < -0.3 is 14.6 Å². The van der Waals surface area contributed by atoms with E-state index in [0.29, 0.717) is 18.9 Å². The number of hydrogen-bond donors (Lipinski definition) is 1. The molecule has 1 saturated carbocycles. The topological polar surface area (TPSA) is 72.8 Å². The van der Waals surface area contributed by atoms with E-state index in [0.717, 1.165) is 19.3 Å². The summed E-state index contributed by atoms with van der Waals surface area (Å²) in [5.74, 6) is -0.627. The second kappa shape index (κ2) is 8.15. The van der Waals surface area contributed by atoms with Crippen molar-refractivity contribution in [3.05, 3.63) is 0 Å². The van der Waals surface area contributed by atoms with Crippen molar-refractivity contribution in [2.45, 2.75) is 39.5 Å². The van der Waals surface area contributed by atoms with E-state index in [-0.39, 0.29) is 37.0 Å². The van der Waals surface area contributed by atoms with Crippen LogP contribution < -0.4 is 0 Å². The quantitative estimate of drug-likeness (QED) is 0.742. The Morgan fingerprint density at radius 1 is 1.16 bits per heavy atom. The number of aliphatic hydroxyl groups is 1. The molecule has 0 bridgehead atoms. The van der Waals surface area contributed by atoms with Crippen LogP contribution in [0.4, 0.5) is 0 Å². The fourth-order valence-electron chi connectivity index (χ4n) is 2.25. The molecule has 1 fully saturated rings. The van der Waals surface area contributed by atoms with Crippen LogP contribution in [-0.2, 0) is 19.1 Å². The minimum atomic E-state index is -0.310. The van der Waals surface area contributed by atoms with Crippen molar-refractivity contribution >= 4 is 11.9 Å². The number of esters is 2. The maximum absolute atomic E-state index is 11.9. The van der Waals surface area contributed by atoms with E-state index >= 15 is 0 Å². The highest BCUT2D eigenvalue weighted by Crippen LogP contribution is 2.30. The van der Waals surface area contributed by atoms with E-state index in [9.17, 15) is 9.59 Å². The molecule has 1 aliphatic rings. The molecule has 0 aromatic rings. The molecule has 0 radical (unpaired) electrons. The zero-order chi connectivity index (χ0) is 14.3. The van der Waals surface area contributed by atoms with Crippen LogP contribution in [0.5, 0.6) is 0 Å². The molecular formula is C14H24O5. The summed E-state index contributed by atoms with van der Waals surface area (Å²) in [6.45, 7) is 4.26. The van der Waals surface area contributed by atoms with Gasteiger partial charge in [0.1, 0.15) is 6.61 Å². The fraction of sp³-hybridized carbons (Fsp3) is 0.857. The molecule has 0 amide bonds. The molecule has 0 spiro atoms. The summed E-state index contributed by atoms with van der Waals surface area (Å²) in [5, 5.41) is 8.62. The van der Waals surface area contributed by atoms with Gasteiger partial charge in [-0.2, -0.15) is 0 Å². The van der Waals surface area contributed by atoms with Gasteiger partial charge in [0.05, 0.1) is 25.0 Å². The molecule has 5 heteroatoms. The zero-order valence-electron chi connectivity index (χ0n) is 11.8. The molecule has 1 N–H and O–H groups in total. The molecule has 19 heavy (non-hydrogen) atoms. The fourth-order valence-corrected chi connectivity index (χ4v) is 2.25. The van der Waals surface area contributed by atoms with Gasteiger partial charge in [0.2, 0.25) is 0 Å². The standard InChI is InChI=1S/C14H24O5/c1-10(2)9-19-14(17)12-5-3-4-11(8-12)13(16)18-7-6-15/h10-12,15H,3-9H2,1-2H3. The smallest absolute Gasteiger partial charge is 0.309 e. The largest absolute Gasteiger partial charge is 0.465 e. The van der Waals surface area contributed by atoms with Crippen molar-refractivity contribution in [1.29, 1.82) is 0 Å². The van der Waals surface area contributed by atoms with Gasteiger partial charge in [-0.3, -0.25) is 9.59 Å². The van der Waals surface area contributed by atoms with Crippen molar-refractivity contribution in [1.82, 2.24) is 0 Å². The van der Waals surface area contributed by atoms with Crippen LogP contribution in [0.25, 0.3) is 0 Å². The normalized spacial score (nSPS) is 23.2. The molecule has 1 rings (SSSR count). The molecule has 0 aliphatic heterocycles. The monoisotopic (exact) mass is 272 g/mol. The summed E-state index contributed by atoms with van der Waals surface area (Å²) in [7, 11) is 0. The maximum Gasteiger partial charge on any atom is 0.309 e. The molecule has 5 nitrogen and oxygen atoms in total. The van der Waals surface area contributed by atoms with Crippen LogP contribution in [0, 0.1) is 17.8 Å². The van der Waals surface area contributed by atoms with Crippen LogP contribution >= 0.6 is 0 Å². The minimum absolute atomic E-state index is 0.0256. The second-order valence-electron chi connectivity index (χ2n) is 5.48. The van der Waals surface area contributed by atoms with E-state index in [1.807, 2.05) is 13.8 Å².